The summed E-state index contributed by atoms with van der Waals surface area (Å²) in [4.78, 5) is 4.40. The topological polar surface area (TPSA) is 46.9 Å². The van der Waals surface area contributed by atoms with Gasteiger partial charge < -0.3 is 10.2 Å². The molecule has 1 aliphatic heterocycles. The third-order valence-corrected chi connectivity index (χ3v) is 4.04. The predicted molar refractivity (Wildman–Crippen MR) is 80.5 cm³/mol. The summed E-state index contributed by atoms with van der Waals surface area (Å²) in [6.07, 6.45) is -1.13. The fourth-order valence-electron chi connectivity index (χ4n) is 2.94. The summed E-state index contributed by atoms with van der Waals surface area (Å²) >= 11 is 0. The molecule has 0 radical (unpaired) electrons. The molecule has 2 rings (SSSR count). The van der Waals surface area contributed by atoms with Gasteiger partial charge in [-0.05, 0) is 19.9 Å². The van der Waals surface area contributed by atoms with Crippen molar-refractivity contribution in [3.05, 3.63) is 35.6 Å². The van der Waals surface area contributed by atoms with Gasteiger partial charge in [-0.1, -0.05) is 18.2 Å². The highest BCUT2D eigenvalue weighted by Crippen LogP contribution is 2.19. The third-order valence-electron chi connectivity index (χ3n) is 4.04. The molecule has 0 bridgehead atoms. The van der Waals surface area contributed by atoms with Crippen LogP contribution in [0.15, 0.2) is 24.3 Å². The van der Waals surface area contributed by atoms with Crippen molar-refractivity contribution in [1.29, 1.82) is 0 Å². The van der Waals surface area contributed by atoms with Gasteiger partial charge in [-0.25, -0.2) is 4.39 Å². The van der Waals surface area contributed by atoms with Crippen LogP contribution in [0.5, 0.6) is 0 Å². The molecule has 1 fully saturated rings. The molecular weight excluding hydrogens is 271 g/mol. The van der Waals surface area contributed by atoms with Crippen molar-refractivity contribution in [2.45, 2.75) is 32.1 Å². The standard InChI is InChI=1S/C16H25FN2O2/c1-12-9-18(7-8-19(12)10-13(2)20)11-16(21)14-5-3-4-6-15(14)17/h3-6,12-13,16,20-21H,7-11H2,1-2H3/t12-,13+,16-/m1/s1. The van der Waals surface area contributed by atoms with E-state index in [9.17, 15) is 14.6 Å². The fraction of sp³-hybridized carbons (Fsp3) is 0.625. The lowest BCUT2D eigenvalue weighted by Gasteiger charge is -2.41. The zero-order chi connectivity index (χ0) is 15.4. The molecule has 0 spiro atoms. The Morgan fingerprint density at radius 2 is 1.95 bits per heavy atom. The van der Waals surface area contributed by atoms with Crippen molar-refractivity contribution >= 4 is 0 Å². The molecule has 1 aliphatic rings. The number of aliphatic hydroxyl groups excluding tert-OH is 2. The first-order chi connectivity index (χ1) is 9.97. The van der Waals surface area contributed by atoms with E-state index in [2.05, 4.69) is 16.7 Å². The Balaban J connectivity index is 1.89. The molecule has 1 saturated heterocycles. The molecule has 2 N–H and O–H groups in total. The summed E-state index contributed by atoms with van der Waals surface area (Å²) in [5.41, 5.74) is 0.358. The molecule has 5 heteroatoms. The summed E-state index contributed by atoms with van der Waals surface area (Å²) in [7, 11) is 0. The maximum atomic E-state index is 13.7. The highest BCUT2D eigenvalue weighted by Gasteiger charge is 2.26. The van der Waals surface area contributed by atoms with E-state index in [4.69, 9.17) is 0 Å². The summed E-state index contributed by atoms with van der Waals surface area (Å²) in [6.45, 7) is 7.51. The van der Waals surface area contributed by atoms with Crippen molar-refractivity contribution in [3.8, 4) is 0 Å². The summed E-state index contributed by atoms with van der Waals surface area (Å²) in [5.74, 6) is -0.356. The molecule has 21 heavy (non-hydrogen) atoms. The molecule has 1 aromatic rings. The van der Waals surface area contributed by atoms with Gasteiger partial charge in [-0.3, -0.25) is 9.80 Å². The molecule has 118 valence electrons. The Morgan fingerprint density at radius 3 is 2.57 bits per heavy atom. The van der Waals surface area contributed by atoms with Crippen LogP contribution < -0.4 is 0 Å². The van der Waals surface area contributed by atoms with Gasteiger partial charge >= 0.3 is 0 Å². The van der Waals surface area contributed by atoms with Crippen LogP contribution in [0.3, 0.4) is 0 Å². The average Bonchev–Trinajstić information content (AvgIpc) is 2.42. The number of rotatable bonds is 5. The van der Waals surface area contributed by atoms with E-state index in [0.29, 0.717) is 24.7 Å². The van der Waals surface area contributed by atoms with Crippen molar-refractivity contribution in [1.82, 2.24) is 9.80 Å². The minimum Gasteiger partial charge on any atom is -0.392 e. The van der Waals surface area contributed by atoms with Crippen LogP contribution in [0.1, 0.15) is 25.5 Å². The Bertz CT molecular complexity index is 456. The van der Waals surface area contributed by atoms with E-state index in [0.717, 1.165) is 19.6 Å². The number of hydrogen-bond acceptors (Lipinski definition) is 4. The van der Waals surface area contributed by atoms with Gasteiger partial charge in [0.25, 0.3) is 0 Å². The van der Waals surface area contributed by atoms with Crippen LogP contribution in [0.4, 0.5) is 4.39 Å². The monoisotopic (exact) mass is 296 g/mol. The maximum Gasteiger partial charge on any atom is 0.129 e. The lowest BCUT2D eigenvalue weighted by Crippen LogP contribution is -2.54. The van der Waals surface area contributed by atoms with Gasteiger partial charge in [0.15, 0.2) is 0 Å². The number of aliphatic hydroxyl groups is 2. The van der Waals surface area contributed by atoms with Crippen LogP contribution >= 0.6 is 0 Å². The van der Waals surface area contributed by atoms with Crippen LogP contribution in [0, 0.1) is 5.82 Å². The third kappa shape index (κ3) is 4.48. The second-order valence-electron chi connectivity index (χ2n) is 5.99. The van der Waals surface area contributed by atoms with Crippen LogP contribution in [0.2, 0.25) is 0 Å². The summed E-state index contributed by atoms with van der Waals surface area (Å²) < 4.78 is 13.7. The first-order valence-corrected chi connectivity index (χ1v) is 7.54. The molecule has 4 nitrogen and oxygen atoms in total. The second-order valence-corrected chi connectivity index (χ2v) is 5.99. The lowest BCUT2D eigenvalue weighted by atomic mass is 10.1. The van der Waals surface area contributed by atoms with E-state index >= 15 is 0 Å². The largest absolute Gasteiger partial charge is 0.392 e. The molecule has 1 heterocycles. The smallest absolute Gasteiger partial charge is 0.129 e. The Morgan fingerprint density at radius 1 is 1.24 bits per heavy atom. The maximum absolute atomic E-state index is 13.7. The predicted octanol–water partition coefficient (Wildman–Crippen LogP) is 1.25. The van der Waals surface area contributed by atoms with Crippen molar-refractivity contribution in [2.75, 3.05) is 32.7 Å². The first-order valence-electron chi connectivity index (χ1n) is 7.54. The van der Waals surface area contributed by atoms with Crippen LogP contribution in [0.25, 0.3) is 0 Å². The normalized spacial score (nSPS) is 24.0. The molecule has 1 aromatic carbocycles. The highest BCUT2D eigenvalue weighted by atomic mass is 19.1. The van der Waals surface area contributed by atoms with Crippen molar-refractivity contribution in [2.24, 2.45) is 0 Å². The molecular formula is C16H25FN2O2. The van der Waals surface area contributed by atoms with Crippen molar-refractivity contribution < 1.29 is 14.6 Å². The molecule has 0 unspecified atom stereocenters. The summed E-state index contributed by atoms with van der Waals surface area (Å²) in [6, 6.07) is 6.70. The number of piperazine rings is 1. The quantitative estimate of drug-likeness (QED) is 0.858. The molecule has 0 saturated carbocycles. The lowest BCUT2D eigenvalue weighted by molar-refractivity contribution is 0.0234. The number of halogens is 1. The fourth-order valence-corrected chi connectivity index (χ4v) is 2.94. The van der Waals surface area contributed by atoms with Gasteiger partial charge in [0.2, 0.25) is 0 Å². The first kappa shape index (κ1) is 16.4. The molecule has 0 aliphatic carbocycles. The van der Waals surface area contributed by atoms with Gasteiger partial charge in [0, 0.05) is 44.3 Å². The van der Waals surface area contributed by atoms with E-state index < -0.39 is 6.10 Å². The van der Waals surface area contributed by atoms with Gasteiger partial charge in [0.05, 0.1) is 12.2 Å². The summed E-state index contributed by atoms with van der Waals surface area (Å²) in [5, 5.41) is 19.7. The van der Waals surface area contributed by atoms with E-state index in [1.807, 2.05) is 0 Å². The highest BCUT2D eigenvalue weighted by molar-refractivity contribution is 5.20. The number of β-amino-alcohol motifs (C(OH)–C–C–N with tert-alkyl or cyclic N) is 2. The molecule has 0 amide bonds. The Kier molecular flexibility index (Phi) is 5.70. The second kappa shape index (κ2) is 7.31. The van der Waals surface area contributed by atoms with Crippen LogP contribution in [-0.4, -0.2) is 64.9 Å². The number of hydrogen-bond donors (Lipinski definition) is 2. The van der Waals surface area contributed by atoms with E-state index in [1.54, 1.807) is 25.1 Å². The zero-order valence-electron chi connectivity index (χ0n) is 12.7. The minimum atomic E-state index is -0.804. The zero-order valence-corrected chi connectivity index (χ0v) is 12.7. The van der Waals surface area contributed by atoms with Gasteiger partial charge in [-0.15, -0.1) is 0 Å². The Hall–Kier alpha value is -1.01. The minimum absolute atomic E-state index is 0.321. The number of nitrogens with zero attached hydrogens (tertiary/aromatic N) is 2. The average molecular weight is 296 g/mol. The van der Waals surface area contributed by atoms with E-state index in [1.165, 1.54) is 6.07 Å². The molecule has 3 atom stereocenters. The number of benzene rings is 1. The van der Waals surface area contributed by atoms with Gasteiger partial charge in [0.1, 0.15) is 5.82 Å². The van der Waals surface area contributed by atoms with E-state index in [-0.39, 0.29) is 11.9 Å². The molecule has 0 aromatic heterocycles. The van der Waals surface area contributed by atoms with Crippen LogP contribution in [-0.2, 0) is 0 Å². The van der Waals surface area contributed by atoms with Gasteiger partial charge in [-0.2, -0.15) is 0 Å². The Labute approximate surface area is 125 Å². The van der Waals surface area contributed by atoms with Crippen molar-refractivity contribution in [3.63, 3.8) is 0 Å². The SMILES string of the molecule is C[C@H](O)CN1CCN(C[C@@H](O)c2ccccc2F)C[C@H]1C.